The van der Waals surface area contributed by atoms with Crippen LogP contribution < -0.4 is 10.2 Å². The lowest BCUT2D eigenvalue weighted by Gasteiger charge is -2.16. The van der Waals surface area contributed by atoms with Crippen LogP contribution in [0.4, 0.5) is 5.69 Å². The predicted molar refractivity (Wildman–Crippen MR) is 83.3 cm³/mol. The zero-order valence-corrected chi connectivity index (χ0v) is 12.7. The first-order valence-electron chi connectivity index (χ1n) is 7.75. The Morgan fingerprint density at radius 2 is 2.20 bits per heavy atom. The van der Waals surface area contributed by atoms with E-state index in [0.717, 1.165) is 26.2 Å². The van der Waals surface area contributed by atoms with Crippen molar-refractivity contribution in [2.24, 2.45) is 5.41 Å². The Morgan fingerprint density at radius 1 is 1.35 bits per heavy atom. The molecule has 1 fully saturated rings. The summed E-state index contributed by atoms with van der Waals surface area (Å²) >= 11 is 0. The second kappa shape index (κ2) is 5.74. The summed E-state index contributed by atoms with van der Waals surface area (Å²) in [6, 6.07) is 6.92. The van der Waals surface area contributed by atoms with Gasteiger partial charge in [0.2, 0.25) is 0 Å². The van der Waals surface area contributed by atoms with Crippen molar-refractivity contribution >= 4 is 5.69 Å². The van der Waals surface area contributed by atoms with Gasteiger partial charge in [-0.05, 0) is 48.3 Å². The van der Waals surface area contributed by atoms with Crippen molar-refractivity contribution in [3.8, 4) is 0 Å². The lowest BCUT2D eigenvalue weighted by molar-refractivity contribution is 0.171. The Bertz CT molecular complexity index is 468. The van der Waals surface area contributed by atoms with Crippen molar-refractivity contribution in [3.05, 3.63) is 29.3 Å². The predicted octanol–water partition coefficient (Wildman–Crippen LogP) is 2.59. The molecular formula is C17H26N2O. The highest BCUT2D eigenvalue weighted by Crippen LogP contribution is 2.48. The summed E-state index contributed by atoms with van der Waals surface area (Å²) in [5, 5.41) is 3.65. The highest BCUT2D eigenvalue weighted by atomic mass is 16.5. The van der Waals surface area contributed by atoms with Crippen LogP contribution in [0.5, 0.6) is 0 Å². The van der Waals surface area contributed by atoms with Crippen LogP contribution in [0.2, 0.25) is 0 Å². The minimum absolute atomic E-state index is 0.535. The first kappa shape index (κ1) is 13.9. The van der Waals surface area contributed by atoms with E-state index in [1.54, 1.807) is 7.11 Å². The van der Waals surface area contributed by atoms with Gasteiger partial charge in [-0.25, -0.2) is 0 Å². The molecule has 1 N–H and O–H groups in total. The van der Waals surface area contributed by atoms with Gasteiger partial charge in [0.05, 0.1) is 0 Å². The van der Waals surface area contributed by atoms with Gasteiger partial charge in [0.25, 0.3) is 0 Å². The minimum atomic E-state index is 0.535. The molecule has 1 aliphatic carbocycles. The Morgan fingerprint density at radius 3 is 2.95 bits per heavy atom. The smallest absolute Gasteiger partial charge is 0.0468 e. The van der Waals surface area contributed by atoms with Crippen LogP contribution in [-0.4, -0.2) is 33.9 Å². The molecule has 1 aromatic carbocycles. The van der Waals surface area contributed by atoms with E-state index in [4.69, 9.17) is 4.74 Å². The molecule has 0 radical (unpaired) electrons. The zero-order chi connectivity index (χ0) is 14.0. The summed E-state index contributed by atoms with van der Waals surface area (Å²) in [7, 11) is 3.97. The number of fused-ring (bicyclic) bond motifs is 1. The number of likely N-dealkylation sites (N-methyl/N-ethyl adjacent to an activating group) is 1. The van der Waals surface area contributed by atoms with E-state index < -0.39 is 0 Å². The van der Waals surface area contributed by atoms with Gasteiger partial charge in [-0.15, -0.1) is 0 Å². The molecule has 1 aliphatic heterocycles. The van der Waals surface area contributed by atoms with E-state index in [2.05, 4.69) is 35.5 Å². The molecule has 0 aromatic heterocycles. The zero-order valence-electron chi connectivity index (χ0n) is 12.7. The van der Waals surface area contributed by atoms with Crippen LogP contribution >= 0.6 is 0 Å². The minimum Gasteiger partial charge on any atom is -0.385 e. The number of nitrogens with zero attached hydrogens (tertiary/aromatic N) is 1. The summed E-state index contributed by atoms with van der Waals surface area (Å²) in [4.78, 5) is 2.34. The first-order valence-corrected chi connectivity index (χ1v) is 7.75. The SMILES string of the molecule is COCCC1(CNCc2ccc3c(c2)CCN3C)CC1. The summed E-state index contributed by atoms with van der Waals surface area (Å²) in [5.41, 5.74) is 4.87. The maximum Gasteiger partial charge on any atom is 0.0468 e. The third-order valence-electron chi connectivity index (χ3n) is 4.89. The van der Waals surface area contributed by atoms with Crippen LogP contribution in [0, 0.1) is 5.41 Å². The monoisotopic (exact) mass is 274 g/mol. The van der Waals surface area contributed by atoms with Crippen molar-refractivity contribution < 1.29 is 4.74 Å². The number of methoxy groups -OCH3 is 1. The molecule has 1 aromatic rings. The van der Waals surface area contributed by atoms with E-state index in [-0.39, 0.29) is 0 Å². The molecule has 0 unspecified atom stereocenters. The highest BCUT2D eigenvalue weighted by Gasteiger charge is 2.41. The molecule has 1 saturated carbocycles. The van der Waals surface area contributed by atoms with Gasteiger partial charge < -0.3 is 15.0 Å². The van der Waals surface area contributed by atoms with E-state index in [9.17, 15) is 0 Å². The molecule has 0 amide bonds. The Hall–Kier alpha value is -1.06. The lowest BCUT2D eigenvalue weighted by Crippen LogP contribution is -2.24. The third kappa shape index (κ3) is 2.99. The average Bonchev–Trinajstić information content (AvgIpc) is 3.14. The second-order valence-corrected chi connectivity index (χ2v) is 6.48. The van der Waals surface area contributed by atoms with E-state index >= 15 is 0 Å². The van der Waals surface area contributed by atoms with Crippen LogP contribution in [0.15, 0.2) is 18.2 Å². The van der Waals surface area contributed by atoms with Crippen LogP contribution in [0.25, 0.3) is 0 Å². The maximum atomic E-state index is 5.21. The number of hydrogen-bond donors (Lipinski definition) is 1. The summed E-state index contributed by atoms with van der Waals surface area (Å²) in [6.45, 7) is 4.18. The van der Waals surface area contributed by atoms with Crippen molar-refractivity contribution in [2.45, 2.75) is 32.2 Å². The molecule has 3 rings (SSSR count). The second-order valence-electron chi connectivity index (χ2n) is 6.48. The lowest BCUT2D eigenvalue weighted by atomic mass is 10.0. The van der Waals surface area contributed by atoms with Crippen molar-refractivity contribution in [3.63, 3.8) is 0 Å². The number of anilines is 1. The standard InChI is InChI=1S/C17H26N2O/c1-19-9-5-15-11-14(3-4-16(15)19)12-18-13-17(6-7-17)8-10-20-2/h3-4,11,18H,5-10,12-13H2,1-2H3. The quantitative estimate of drug-likeness (QED) is 0.827. The largest absolute Gasteiger partial charge is 0.385 e. The molecule has 1 heterocycles. The summed E-state index contributed by atoms with van der Waals surface area (Å²) in [6.07, 6.45) is 5.11. The average molecular weight is 274 g/mol. The van der Waals surface area contributed by atoms with Gasteiger partial charge >= 0.3 is 0 Å². The number of benzene rings is 1. The summed E-state index contributed by atoms with van der Waals surface area (Å²) < 4.78 is 5.21. The first-order chi connectivity index (χ1) is 9.72. The van der Waals surface area contributed by atoms with Gasteiger partial charge in [-0.3, -0.25) is 0 Å². The Balaban J connectivity index is 1.50. The molecule has 0 atom stereocenters. The molecular weight excluding hydrogens is 248 g/mol. The third-order valence-corrected chi connectivity index (χ3v) is 4.89. The molecule has 0 bridgehead atoms. The van der Waals surface area contributed by atoms with Crippen LogP contribution in [0.3, 0.4) is 0 Å². The topological polar surface area (TPSA) is 24.5 Å². The fourth-order valence-corrected chi connectivity index (χ4v) is 3.21. The Labute approximate surface area is 122 Å². The van der Waals surface area contributed by atoms with E-state index in [1.165, 1.54) is 42.5 Å². The molecule has 3 heteroatoms. The van der Waals surface area contributed by atoms with E-state index in [1.807, 2.05) is 0 Å². The van der Waals surface area contributed by atoms with Gasteiger partial charge in [-0.2, -0.15) is 0 Å². The van der Waals surface area contributed by atoms with Crippen LogP contribution in [0.1, 0.15) is 30.4 Å². The fraction of sp³-hybridized carbons (Fsp3) is 0.647. The molecule has 0 saturated heterocycles. The van der Waals surface area contributed by atoms with Crippen molar-refractivity contribution in [1.82, 2.24) is 5.32 Å². The van der Waals surface area contributed by atoms with Gasteiger partial charge in [-0.1, -0.05) is 12.1 Å². The fourth-order valence-electron chi connectivity index (χ4n) is 3.21. The molecule has 20 heavy (non-hydrogen) atoms. The normalized spacial score (nSPS) is 19.2. The maximum absolute atomic E-state index is 5.21. The Kier molecular flexibility index (Phi) is 3.99. The van der Waals surface area contributed by atoms with Gasteiger partial charge in [0.15, 0.2) is 0 Å². The number of hydrogen-bond acceptors (Lipinski definition) is 3. The van der Waals surface area contributed by atoms with Crippen LogP contribution in [-0.2, 0) is 17.7 Å². The molecule has 0 spiro atoms. The highest BCUT2D eigenvalue weighted by molar-refractivity contribution is 5.58. The molecule has 3 nitrogen and oxygen atoms in total. The molecule has 110 valence electrons. The van der Waals surface area contributed by atoms with Crippen molar-refractivity contribution in [2.75, 3.05) is 38.8 Å². The summed E-state index contributed by atoms with van der Waals surface area (Å²) in [5.74, 6) is 0. The van der Waals surface area contributed by atoms with E-state index in [0.29, 0.717) is 5.41 Å². The number of ether oxygens (including phenoxy) is 1. The van der Waals surface area contributed by atoms with Crippen molar-refractivity contribution in [1.29, 1.82) is 0 Å². The number of nitrogens with one attached hydrogen (secondary N) is 1. The van der Waals surface area contributed by atoms with Gasteiger partial charge in [0, 0.05) is 46.1 Å². The molecule has 2 aliphatic rings. The number of rotatable bonds is 7. The van der Waals surface area contributed by atoms with Gasteiger partial charge in [0.1, 0.15) is 0 Å².